The second kappa shape index (κ2) is 7.32. The third-order valence-electron chi connectivity index (χ3n) is 4.64. The largest absolute Gasteiger partial charge is 0.395 e. The molecule has 2 aliphatic heterocycles. The molecular weight excluding hydrogens is 340 g/mol. The van der Waals surface area contributed by atoms with Crippen molar-refractivity contribution in [3.63, 3.8) is 0 Å². The minimum Gasteiger partial charge on any atom is -0.395 e. The number of imide groups is 2. The second-order valence-electron chi connectivity index (χ2n) is 6.28. The minimum atomic E-state index is -0.991. The Bertz CT molecular complexity index is 774. The van der Waals surface area contributed by atoms with Crippen LogP contribution in [-0.4, -0.2) is 58.9 Å². The Morgan fingerprint density at radius 2 is 2.04 bits per heavy atom. The Hall–Kier alpha value is -2.62. The molecule has 1 saturated heterocycles. The highest BCUT2D eigenvalue weighted by Gasteiger charge is 2.45. The molecule has 2 heterocycles. The molecule has 5 N–H and O–H groups in total. The van der Waals surface area contributed by atoms with Crippen LogP contribution < -0.4 is 16.4 Å². The van der Waals surface area contributed by atoms with Crippen LogP contribution in [0.1, 0.15) is 39.1 Å². The van der Waals surface area contributed by atoms with Crippen molar-refractivity contribution in [2.45, 2.75) is 31.5 Å². The number of hydrogen-bond acceptors (Lipinski definition) is 7. The number of nitrogens with two attached hydrogens (primary N) is 1. The quantitative estimate of drug-likeness (QED) is 0.452. The first-order chi connectivity index (χ1) is 12.5. The normalized spacial score (nSPS) is 21.0. The Kier molecular flexibility index (Phi) is 5.12. The number of aliphatic hydroxyl groups is 1. The lowest BCUT2D eigenvalue weighted by Gasteiger charge is -2.27. The molecule has 9 nitrogen and oxygen atoms in total. The van der Waals surface area contributed by atoms with Crippen molar-refractivity contribution in [1.82, 2.24) is 15.5 Å². The van der Waals surface area contributed by atoms with Gasteiger partial charge in [0.1, 0.15) is 6.04 Å². The molecule has 4 amide bonds. The topological polar surface area (TPSA) is 142 Å². The van der Waals surface area contributed by atoms with Crippen molar-refractivity contribution in [2.75, 3.05) is 13.2 Å². The summed E-state index contributed by atoms with van der Waals surface area (Å²) in [4.78, 5) is 49.9. The van der Waals surface area contributed by atoms with Gasteiger partial charge in [0.05, 0.1) is 17.7 Å². The van der Waals surface area contributed by atoms with Gasteiger partial charge < -0.3 is 16.2 Å². The van der Waals surface area contributed by atoms with Crippen molar-refractivity contribution in [3.8, 4) is 0 Å². The Morgan fingerprint density at radius 3 is 2.69 bits per heavy atom. The number of carbonyl (C=O) groups is 4. The summed E-state index contributed by atoms with van der Waals surface area (Å²) in [5.74, 6) is -2.15. The first kappa shape index (κ1) is 18.2. The number of benzene rings is 1. The molecule has 26 heavy (non-hydrogen) atoms. The van der Waals surface area contributed by atoms with E-state index in [1.165, 1.54) is 6.07 Å². The molecule has 1 aromatic rings. The van der Waals surface area contributed by atoms with E-state index in [9.17, 15) is 24.3 Å². The van der Waals surface area contributed by atoms with Crippen LogP contribution in [0.25, 0.3) is 0 Å². The van der Waals surface area contributed by atoms with Crippen LogP contribution in [-0.2, 0) is 16.1 Å². The van der Waals surface area contributed by atoms with Gasteiger partial charge in [-0.05, 0) is 18.1 Å². The van der Waals surface area contributed by atoms with Gasteiger partial charge in [-0.1, -0.05) is 12.1 Å². The second-order valence-corrected chi connectivity index (χ2v) is 6.28. The number of hydrogen-bond donors (Lipinski definition) is 4. The molecule has 2 aliphatic rings. The molecule has 138 valence electrons. The summed E-state index contributed by atoms with van der Waals surface area (Å²) >= 11 is 0. The SMILES string of the molecule is NC[C@H](CO)NCc1cccc2c1C(=O)N(C1CCC(=O)NC1=O)C2=O. The highest BCUT2D eigenvalue weighted by Crippen LogP contribution is 2.29. The maximum Gasteiger partial charge on any atom is 0.262 e. The summed E-state index contributed by atoms with van der Waals surface area (Å²) < 4.78 is 0. The molecule has 0 spiro atoms. The number of nitrogens with one attached hydrogen (secondary N) is 2. The average Bonchev–Trinajstić information content (AvgIpc) is 2.88. The van der Waals surface area contributed by atoms with Crippen molar-refractivity contribution in [3.05, 3.63) is 34.9 Å². The first-order valence-electron chi connectivity index (χ1n) is 8.35. The Labute approximate surface area is 149 Å². The zero-order valence-electron chi connectivity index (χ0n) is 14.0. The standard InChI is InChI=1S/C17H20N4O5/c18-6-10(8-22)19-7-9-2-1-3-11-14(9)17(26)21(16(11)25)12-4-5-13(23)20-15(12)24/h1-3,10,12,19,22H,4-8,18H2,(H,20,23,24)/t10-,12?/m1/s1. The molecule has 0 aliphatic carbocycles. The minimum absolute atomic E-state index is 0.0763. The lowest BCUT2D eigenvalue weighted by atomic mass is 10.0. The summed E-state index contributed by atoms with van der Waals surface area (Å²) in [5, 5.41) is 14.4. The highest BCUT2D eigenvalue weighted by molar-refractivity contribution is 6.24. The summed E-state index contributed by atoms with van der Waals surface area (Å²) in [6.07, 6.45) is 0.191. The molecular formula is C17H20N4O5. The number of rotatable bonds is 6. The molecule has 1 unspecified atom stereocenters. The Balaban J connectivity index is 1.87. The van der Waals surface area contributed by atoms with Gasteiger partial charge >= 0.3 is 0 Å². The van der Waals surface area contributed by atoms with E-state index in [0.29, 0.717) is 5.56 Å². The van der Waals surface area contributed by atoms with E-state index in [0.717, 1.165) is 4.90 Å². The number of aliphatic hydroxyl groups excluding tert-OH is 1. The zero-order chi connectivity index (χ0) is 18.8. The van der Waals surface area contributed by atoms with Crippen molar-refractivity contribution >= 4 is 23.6 Å². The fourth-order valence-corrected chi connectivity index (χ4v) is 3.21. The number of piperidine rings is 1. The van der Waals surface area contributed by atoms with Crippen LogP contribution in [0.5, 0.6) is 0 Å². The van der Waals surface area contributed by atoms with Gasteiger partial charge in [-0.25, -0.2) is 0 Å². The van der Waals surface area contributed by atoms with Gasteiger partial charge in [0.25, 0.3) is 11.8 Å². The molecule has 1 fully saturated rings. The monoisotopic (exact) mass is 360 g/mol. The van der Waals surface area contributed by atoms with Gasteiger partial charge in [-0.2, -0.15) is 0 Å². The molecule has 0 bridgehead atoms. The molecule has 9 heteroatoms. The van der Waals surface area contributed by atoms with Crippen LogP contribution in [0.15, 0.2) is 18.2 Å². The number of nitrogens with zero attached hydrogens (tertiary/aromatic N) is 1. The molecule has 0 radical (unpaired) electrons. The van der Waals surface area contributed by atoms with Crippen LogP contribution >= 0.6 is 0 Å². The summed E-state index contributed by atoms with van der Waals surface area (Å²) in [7, 11) is 0. The molecule has 1 aromatic carbocycles. The van der Waals surface area contributed by atoms with Crippen molar-refractivity contribution < 1.29 is 24.3 Å². The van der Waals surface area contributed by atoms with Crippen LogP contribution in [0.3, 0.4) is 0 Å². The fourth-order valence-electron chi connectivity index (χ4n) is 3.21. The summed E-state index contributed by atoms with van der Waals surface area (Å²) in [5.41, 5.74) is 6.59. The zero-order valence-corrected chi connectivity index (χ0v) is 14.0. The smallest absolute Gasteiger partial charge is 0.262 e. The molecule has 0 saturated carbocycles. The van der Waals surface area contributed by atoms with Crippen LogP contribution in [0, 0.1) is 0 Å². The predicted molar refractivity (Wildman–Crippen MR) is 89.9 cm³/mol. The number of amides is 4. The van der Waals surface area contributed by atoms with E-state index in [4.69, 9.17) is 5.73 Å². The van der Waals surface area contributed by atoms with Gasteiger partial charge in [0.15, 0.2) is 0 Å². The van der Waals surface area contributed by atoms with Gasteiger partial charge in [0, 0.05) is 25.6 Å². The van der Waals surface area contributed by atoms with Crippen LogP contribution in [0.2, 0.25) is 0 Å². The third kappa shape index (κ3) is 3.12. The average molecular weight is 360 g/mol. The van der Waals surface area contributed by atoms with Gasteiger partial charge in [-0.15, -0.1) is 0 Å². The van der Waals surface area contributed by atoms with Gasteiger partial charge in [0.2, 0.25) is 11.8 Å². The number of carbonyl (C=O) groups excluding carboxylic acids is 4. The molecule has 2 atom stereocenters. The van der Waals surface area contributed by atoms with E-state index in [-0.39, 0.29) is 49.7 Å². The maximum absolute atomic E-state index is 12.9. The Morgan fingerprint density at radius 1 is 1.27 bits per heavy atom. The number of fused-ring (bicyclic) bond motifs is 1. The molecule has 3 rings (SSSR count). The lowest BCUT2D eigenvalue weighted by molar-refractivity contribution is -0.136. The highest BCUT2D eigenvalue weighted by atomic mass is 16.3. The lowest BCUT2D eigenvalue weighted by Crippen LogP contribution is -2.54. The van der Waals surface area contributed by atoms with Gasteiger partial charge in [-0.3, -0.25) is 29.4 Å². The maximum atomic E-state index is 12.9. The van der Waals surface area contributed by atoms with E-state index in [1.54, 1.807) is 12.1 Å². The fraction of sp³-hybridized carbons (Fsp3) is 0.412. The van der Waals surface area contributed by atoms with E-state index < -0.39 is 29.7 Å². The third-order valence-corrected chi connectivity index (χ3v) is 4.64. The summed E-state index contributed by atoms with van der Waals surface area (Å²) in [6.45, 7) is 0.315. The van der Waals surface area contributed by atoms with Crippen molar-refractivity contribution in [2.24, 2.45) is 5.73 Å². The van der Waals surface area contributed by atoms with E-state index >= 15 is 0 Å². The van der Waals surface area contributed by atoms with Crippen LogP contribution in [0.4, 0.5) is 0 Å². The van der Waals surface area contributed by atoms with E-state index in [2.05, 4.69) is 10.6 Å². The molecule has 0 aromatic heterocycles. The predicted octanol–water partition coefficient (Wildman–Crippen LogP) is -1.50. The van der Waals surface area contributed by atoms with Crippen molar-refractivity contribution in [1.29, 1.82) is 0 Å². The van der Waals surface area contributed by atoms with E-state index in [1.807, 2.05) is 0 Å². The first-order valence-corrected chi connectivity index (χ1v) is 8.35. The summed E-state index contributed by atoms with van der Waals surface area (Å²) in [6, 6.07) is 3.58.